The van der Waals surface area contributed by atoms with Gasteiger partial charge in [-0.1, -0.05) is 18.2 Å². The van der Waals surface area contributed by atoms with Crippen molar-refractivity contribution in [1.29, 1.82) is 0 Å². The summed E-state index contributed by atoms with van der Waals surface area (Å²) in [5.74, 6) is 0.589. The number of piperidine rings is 1. The molecule has 192 valence electrons. The van der Waals surface area contributed by atoms with Crippen molar-refractivity contribution < 1.29 is 13.2 Å². The maximum atomic E-state index is 13.5. The molecule has 2 aromatic carbocycles. The van der Waals surface area contributed by atoms with Gasteiger partial charge in [0, 0.05) is 35.1 Å². The van der Waals surface area contributed by atoms with Crippen LogP contribution in [0.1, 0.15) is 61.0 Å². The Balaban J connectivity index is 1.43. The molecule has 5 rings (SSSR count). The SMILES string of the molecule is Cc1c(C(C)Nc2nnc(C)c3ccc(N4CCC5(CCCN5C)CC4)cc23)cccc1C(F)(F)F. The average molecular weight is 498 g/mol. The molecule has 1 unspecified atom stereocenters. The van der Waals surface area contributed by atoms with E-state index >= 15 is 0 Å². The van der Waals surface area contributed by atoms with Crippen LogP contribution in [0.15, 0.2) is 36.4 Å². The highest BCUT2D eigenvalue weighted by molar-refractivity contribution is 5.95. The lowest BCUT2D eigenvalue weighted by Crippen LogP contribution is -2.50. The van der Waals surface area contributed by atoms with Crippen molar-refractivity contribution in [2.75, 3.05) is 36.9 Å². The van der Waals surface area contributed by atoms with Crippen molar-refractivity contribution in [3.05, 3.63) is 58.8 Å². The minimum Gasteiger partial charge on any atom is -0.371 e. The summed E-state index contributed by atoms with van der Waals surface area (Å²) < 4.78 is 40.4. The van der Waals surface area contributed by atoms with Crippen molar-refractivity contribution >= 4 is 22.3 Å². The van der Waals surface area contributed by atoms with Gasteiger partial charge in [0.1, 0.15) is 0 Å². The number of aromatic nitrogens is 2. The first-order valence-electron chi connectivity index (χ1n) is 12.8. The van der Waals surface area contributed by atoms with E-state index in [0.29, 0.717) is 16.9 Å². The van der Waals surface area contributed by atoms with Crippen LogP contribution in [0, 0.1) is 13.8 Å². The third-order valence-corrected chi connectivity index (χ3v) is 8.45. The van der Waals surface area contributed by atoms with E-state index in [0.717, 1.165) is 54.2 Å². The second-order valence-corrected chi connectivity index (χ2v) is 10.5. The Morgan fingerprint density at radius 1 is 0.972 bits per heavy atom. The Hall–Kier alpha value is -2.87. The van der Waals surface area contributed by atoms with Gasteiger partial charge < -0.3 is 15.1 Å². The lowest BCUT2D eigenvalue weighted by atomic mass is 9.85. The lowest BCUT2D eigenvalue weighted by molar-refractivity contribution is -0.138. The van der Waals surface area contributed by atoms with Gasteiger partial charge in [0.15, 0.2) is 5.82 Å². The molecule has 8 heteroatoms. The number of anilines is 2. The molecule has 1 aromatic heterocycles. The van der Waals surface area contributed by atoms with Gasteiger partial charge in [-0.15, -0.1) is 5.10 Å². The monoisotopic (exact) mass is 497 g/mol. The molecule has 5 nitrogen and oxygen atoms in total. The number of benzene rings is 2. The van der Waals surface area contributed by atoms with E-state index in [9.17, 15) is 13.2 Å². The van der Waals surface area contributed by atoms with Crippen LogP contribution in [0.2, 0.25) is 0 Å². The Morgan fingerprint density at radius 3 is 2.39 bits per heavy atom. The number of halogens is 3. The van der Waals surface area contributed by atoms with Crippen molar-refractivity contribution in [3.63, 3.8) is 0 Å². The predicted octanol–water partition coefficient (Wildman–Crippen LogP) is 6.50. The maximum Gasteiger partial charge on any atom is 0.416 e. The Bertz CT molecular complexity index is 1260. The van der Waals surface area contributed by atoms with Crippen LogP contribution < -0.4 is 10.2 Å². The average Bonchev–Trinajstić information content (AvgIpc) is 3.19. The van der Waals surface area contributed by atoms with Gasteiger partial charge in [0.05, 0.1) is 17.3 Å². The largest absolute Gasteiger partial charge is 0.416 e. The summed E-state index contributed by atoms with van der Waals surface area (Å²) in [5.41, 5.74) is 2.55. The Morgan fingerprint density at radius 2 is 1.72 bits per heavy atom. The number of hydrogen-bond acceptors (Lipinski definition) is 5. The molecule has 1 N–H and O–H groups in total. The van der Waals surface area contributed by atoms with E-state index < -0.39 is 11.7 Å². The minimum absolute atomic E-state index is 0.231. The van der Waals surface area contributed by atoms with Gasteiger partial charge in [0.25, 0.3) is 0 Å². The normalized spacial score (nSPS) is 19.2. The Kier molecular flexibility index (Phi) is 6.35. The maximum absolute atomic E-state index is 13.5. The molecule has 2 saturated heterocycles. The molecule has 0 saturated carbocycles. The number of hydrogen-bond donors (Lipinski definition) is 1. The third kappa shape index (κ3) is 4.40. The topological polar surface area (TPSA) is 44.3 Å². The van der Waals surface area contributed by atoms with Crippen LogP contribution in [0.4, 0.5) is 24.7 Å². The van der Waals surface area contributed by atoms with Gasteiger partial charge in [-0.3, -0.25) is 0 Å². The van der Waals surface area contributed by atoms with Gasteiger partial charge in [-0.25, -0.2) is 0 Å². The number of nitrogens with one attached hydrogen (secondary N) is 1. The molecular weight excluding hydrogens is 463 g/mol. The standard InChI is InChI=1S/C28H34F3N5/c1-18-22(7-5-8-25(18)28(29,30)31)19(2)32-26-24-17-21(9-10-23(24)20(3)33-34-26)36-15-12-27(13-16-36)11-6-14-35(27)4/h5,7-10,17,19H,6,11-16H2,1-4H3,(H,32,34). The third-order valence-electron chi connectivity index (χ3n) is 8.45. The molecule has 3 heterocycles. The van der Waals surface area contributed by atoms with Crippen LogP contribution in [-0.4, -0.2) is 47.3 Å². The molecule has 2 fully saturated rings. The summed E-state index contributed by atoms with van der Waals surface area (Å²) in [7, 11) is 2.26. The predicted molar refractivity (Wildman–Crippen MR) is 139 cm³/mol. The molecule has 0 radical (unpaired) electrons. The minimum atomic E-state index is -4.38. The lowest BCUT2D eigenvalue weighted by Gasteiger charge is -2.44. The molecule has 2 aliphatic heterocycles. The quantitative estimate of drug-likeness (QED) is 0.446. The van der Waals surface area contributed by atoms with Gasteiger partial charge in [0.2, 0.25) is 0 Å². The van der Waals surface area contributed by atoms with Crippen LogP contribution in [0.3, 0.4) is 0 Å². The zero-order valence-electron chi connectivity index (χ0n) is 21.4. The number of nitrogens with zero attached hydrogens (tertiary/aromatic N) is 4. The molecular formula is C28H34F3N5. The first-order valence-corrected chi connectivity index (χ1v) is 12.8. The summed E-state index contributed by atoms with van der Waals surface area (Å²) in [6.07, 6.45) is 0.497. The van der Waals surface area contributed by atoms with E-state index in [1.54, 1.807) is 6.07 Å². The van der Waals surface area contributed by atoms with Crippen LogP contribution in [0.5, 0.6) is 0 Å². The number of alkyl halides is 3. The summed E-state index contributed by atoms with van der Waals surface area (Å²) in [6, 6.07) is 10.4. The second-order valence-electron chi connectivity index (χ2n) is 10.5. The molecule has 1 atom stereocenters. The summed E-state index contributed by atoms with van der Waals surface area (Å²) in [4.78, 5) is 4.99. The molecule has 2 aliphatic rings. The molecule has 0 aliphatic carbocycles. The van der Waals surface area contributed by atoms with Gasteiger partial charge >= 0.3 is 6.18 Å². The summed E-state index contributed by atoms with van der Waals surface area (Å²) in [6.45, 7) is 8.53. The van der Waals surface area contributed by atoms with Crippen molar-refractivity contribution in [2.24, 2.45) is 0 Å². The number of rotatable bonds is 4. The summed E-state index contributed by atoms with van der Waals surface area (Å²) in [5, 5.41) is 14.0. The zero-order chi connectivity index (χ0) is 25.7. The number of fused-ring (bicyclic) bond motifs is 1. The fourth-order valence-electron chi connectivity index (χ4n) is 6.18. The summed E-state index contributed by atoms with van der Waals surface area (Å²) >= 11 is 0. The van der Waals surface area contributed by atoms with Gasteiger partial charge in [-0.2, -0.15) is 18.3 Å². The fraction of sp³-hybridized carbons (Fsp3) is 0.500. The highest BCUT2D eigenvalue weighted by atomic mass is 19.4. The van der Waals surface area contributed by atoms with Crippen molar-refractivity contribution in [1.82, 2.24) is 15.1 Å². The van der Waals surface area contributed by atoms with E-state index in [2.05, 4.69) is 50.6 Å². The highest BCUT2D eigenvalue weighted by Gasteiger charge is 2.41. The number of aryl methyl sites for hydroxylation is 1. The smallest absolute Gasteiger partial charge is 0.371 e. The van der Waals surface area contributed by atoms with Crippen molar-refractivity contribution in [2.45, 2.75) is 64.2 Å². The van der Waals surface area contributed by atoms with Crippen LogP contribution in [-0.2, 0) is 6.18 Å². The first kappa shape index (κ1) is 24.8. The number of likely N-dealkylation sites (tertiary alicyclic amines) is 1. The van der Waals surface area contributed by atoms with E-state index in [4.69, 9.17) is 0 Å². The van der Waals surface area contributed by atoms with E-state index in [1.807, 2.05) is 13.8 Å². The fourth-order valence-corrected chi connectivity index (χ4v) is 6.18. The molecule has 3 aromatic rings. The highest BCUT2D eigenvalue weighted by Crippen LogP contribution is 2.40. The second kappa shape index (κ2) is 9.21. The van der Waals surface area contributed by atoms with Crippen LogP contribution >= 0.6 is 0 Å². The van der Waals surface area contributed by atoms with E-state index in [1.165, 1.54) is 32.4 Å². The van der Waals surface area contributed by atoms with Gasteiger partial charge in [-0.05, 0) is 89.4 Å². The molecule has 1 spiro atoms. The van der Waals surface area contributed by atoms with Crippen LogP contribution in [0.25, 0.3) is 10.8 Å². The zero-order valence-corrected chi connectivity index (χ0v) is 21.4. The van der Waals surface area contributed by atoms with Crippen molar-refractivity contribution in [3.8, 4) is 0 Å². The first-order chi connectivity index (χ1) is 17.1. The van der Waals surface area contributed by atoms with E-state index in [-0.39, 0.29) is 11.6 Å². The molecule has 0 bridgehead atoms. The molecule has 36 heavy (non-hydrogen) atoms. The molecule has 0 amide bonds. The Labute approximate surface area is 210 Å².